The Labute approximate surface area is 146 Å². The molecule has 0 aromatic heterocycles. The molecule has 134 valence electrons. The van der Waals surface area contributed by atoms with Crippen molar-refractivity contribution in [2.45, 2.75) is 62.8 Å². The number of fused-ring (bicyclic) bond motifs is 3. The molecule has 6 nitrogen and oxygen atoms in total. The number of benzene rings is 1. The minimum atomic E-state index is -1.31. The molecule has 3 aliphatic rings. The zero-order valence-corrected chi connectivity index (χ0v) is 14.2. The van der Waals surface area contributed by atoms with Crippen LogP contribution in [0.15, 0.2) is 18.2 Å². The lowest BCUT2D eigenvalue weighted by atomic mass is 9.47. The predicted octanol–water partition coefficient (Wildman–Crippen LogP) is 1.88. The van der Waals surface area contributed by atoms with E-state index < -0.39 is 28.7 Å². The molecule has 3 fully saturated rings. The van der Waals surface area contributed by atoms with E-state index in [1.807, 2.05) is 6.92 Å². The van der Waals surface area contributed by atoms with Gasteiger partial charge in [0.15, 0.2) is 0 Å². The van der Waals surface area contributed by atoms with Gasteiger partial charge in [-0.1, -0.05) is 25.3 Å². The van der Waals surface area contributed by atoms with Gasteiger partial charge in [0.25, 0.3) is 5.69 Å². The van der Waals surface area contributed by atoms with Gasteiger partial charge in [0.2, 0.25) is 0 Å². The molecule has 2 bridgehead atoms. The van der Waals surface area contributed by atoms with Gasteiger partial charge in [-0.15, -0.1) is 6.42 Å². The molecular weight excluding hydrogens is 322 g/mol. The Hall–Kier alpha value is -1.94. The summed E-state index contributed by atoms with van der Waals surface area (Å²) in [4.78, 5) is 10.7. The van der Waals surface area contributed by atoms with Gasteiger partial charge in [0.1, 0.15) is 5.56 Å². The second-order valence-electron chi connectivity index (χ2n) is 7.48. The topological polar surface area (TPSA) is 104 Å². The van der Waals surface area contributed by atoms with Gasteiger partial charge in [0, 0.05) is 6.07 Å². The van der Waals surface area contributed by atoms with E-state index in [0.717, 1.165) is 12.8 Å². The average Bonchev–Trinajstić information content (AvgIpc) is 2.53. The lowest BCUT2D eigenvalue weighted by Gasteiger charge is -2.61. The minimum absolute atomic E-state index is 0.135. The molecule has 0 spiro atoms. The maximum absolute atomic E-state index is 11.3. The molecule has 4 rings (SSSR count). The normalized spacial score (nSPS) is 36.8. The molecule has 0 aliphatic heterocycles. The molecule has 3 aliphatic carbocycles. The molecule has 3 saturated carbocycles. The van der Waals surface area contributed by atoms with Crippen LogP contribution in [0.1, 0.15) is 50.2 Å². The summed E-state index contributed by atoms with van der Waals surface area (Å²) in [7, 11) is 0. The van der Waals surface area contributed by atoms with Crippen molar-refractivity contribution in [1.29, 1.82) is 0 Å². The number of nitrogens with zero attached hydrogens (tertiary/aromatic N) is 1. The summed E-state index contributed by atoms with van der Waals surface area (Å²) >= 11 is 0. The number of aliphatic hydroxyl groups is 3. The first-order chi connectivity index (χ1) is 11.8. The monoisotopic (exact) mass is 345 g/mol. The fraction of sp³-hybridized carbons (Fsp3) is 0.579. The molecule has 3 atom stereocenters. The second kappa shape index (κ2) is 6.10. The first kappa shape index (κ1) is 17.9. The number of rotatable bonds is 4. The van der Waals surface area contributed by atoms with E-state index in [4.69, 9.17) is 6.42 Å². The summed E-state index contributed by atoms with van der Waals surface area (Å²) in [6.07, 6.45) is 5.56. The van der Waals surface area contributed by atoms with Crippen LogP contribution >= 0.6 is 0 Å². The van der Waals surface area contributed by atoms with E-state index in [0.29, 0.717) is 24.8 Å². The predicted molar refractivity (Wildman–Crippen MR) is 91.9 cm³/mol. The molecule has 6 heteroatoms. The van der Waals surface area contributed by atoms with Gasteiger partial charge in [-0.05, 0) is 42.7 Å². The van der Waals surface area contributed by atoms with Crippen molar-refractivity contribution in [3.63, 3.8) is 0 Å². The van der Waals surface area contributed by atoms with Crippen LogP contribution < -0.4 is 0 Å². The Morgan fingerprint density at radius 2 is 1.80 bits per heavy atom. The van der Waals surface area contributed by atoms with Crippen molar-refractivity contribution in [3.05, 3.63) is 39.4 Å². The Kier molecular flexibility index (Phi) is 4.36. The molecule has 1 aromatic carbocycles. The molecule has 25 heavy (non-hydrogen) atoms. The van der Waals surface area contributed by atoms with E-state index >= 15 is 0 Å². The SMILES string of the molecule is C#Cc1ccc(C23C(O)CC(CCC)(CC2O)CC3O)cc1[N+](=O)[O-]. The summed E-state index contributed by atoms with van der Waals surface area (Å²) in [5, 5.41) is 43.9. The maximum atomic E-state index is 11.3. The lowest BCUT2D eigenvalue weighted by Crippen LogP contribution is -2.68. The molecule has 0 amide bonds. The van der Waals surface area contributed by atoms with E-state index in [9.17, 15) is 25.4 Å². The number of hydrogen-bond acceptors (Lipinski definition) is 5. The van der Waals surface area contributed by atoms with E-state index in [-0.39, 0.29) is 16.7 Å². The summed E-state index contributed by atoms with van der Waals surface area (Å²) in [6, 6.07) is 4.32. The van der Waals surface area contributed by atoms with Crippen LogP contribution in [0.2, 0.25) is 0 Å². The zero-order valence-electron chi connectivity index (χ0n) is 14.2. The Balaban J connectivity index is 2.12. The summed E-state index contributed by atoms with van der Waals surface area (Å²) in [6.45, 7) is 2.04. The first-order valence-corrected chi connectivity index (χ1v) is 8.60. The Morgan fingerprint density at radius 1 is 1.24 bits per heavy atom. The van der Waals surface area contributed by atoms with Gasteiger partial charge in [0.05, 0.1) is 28.7 Å². The van der Waals surface area contributed by atoms with Crippen LogP contribution in [-0.2, 0) is 5.41 Å². The van der Waals surface area contributed by atoms with E-state index in [1.165, 1.54) is 12.1 Å². The van der Waals surface area contributed by atoms with E-state index in [1.54, 1.807) is 6.07 Å². The van der Waals surface area contributed by atoms with Crippen LogP contribution in [0, 0.1) is 27.9 Å². The van der Waals surface area contributed by atoms with Crippen molar-refractivity contribution in [1.82, 2.24) is 0 Å². The molecular formula is C19H23NO5. The third kappa shape index (κ3) is 2.46. The van der Waals surface area contributed by atoms with Gasteiger partial charge in [-0.2, -0.15) is 0 Å². The number of aliphatic hydroxyl groups excluding tert-OH is 3. The summed E-state index contributed by atoms with van der Waals surface area (Å²) < 4.78 is 0. The molecule has 1 aromatic rings. The van der Waals surface area contributed by atoms with Gasteiger partial charge in [-0.25, -0.2) is 0 Å². The zero-order chi connectivity index (χ0) is 18.4. The number of hydrogen-bond donors (Lipinski definition) is 3. The van der Waals surface area contributed by atoms with Crippen molar-refractivity contribution >= 4 is 5.69 Å². The third-order valence-electron chi connectivity index (χ3n) is 6.16. The number of nitro benzene ring substituents is 1. The van der Waals surface area contributed by atoms with Crippen LogP contribution in [0.4, 0.5) is 5.69 Å². The first-order valence-electron chi connectivity index (χ1n) is 8.60. The van der Waals surface area contributed by atoms with Crippen molar-refractivity contribution in [3.8, 4) is 12.3 Å². The molecule has 0 radical (unpaired) electrons. The van der Waals surface area contributed by atoms with Crippen LogP contribution in [0.25, 0.3) is 0 Å². The highest BCUT2D eigenvalue weighted by atomic mass is 16.6. The van der Waals surface area contributed by atoms with Gasteiger partial charge < -0.3 is 15.3 Å². The van der Waals surface area contributed by atoms with E-state index in [2.05, 4.69) is 5.92 Å². The third-order valence-corrected chi connectivity index (χ3v) is 6.16. The highest BCUT2D eigenvalue weighted by molar-refractivity contribution is 5.54. The molecule has 0 heterocycles. The lowest BCUT2D eigenvalue weighted by molar-refractivity contribution is -0.385. The summed E-state index contributed by atoms with van der Waals surface area (Å²) in [5.74, 6) is 2.27. The average molecular weight is 345 g/mol. The van der Waals surface area contributed by atoms with Crippen molar-refractivity contribution < 1.29 is 20.2 Å². The summed E-state index contributed by atoms with van der Waals surface area (Å²) in [5.41, 5.74) is -1.34. The van der Waals surface area contributed by atoms with Gasteiger partial charge in [-0.3, -0.25) is 10.1 Å². The fourth-order valence-electron chi connectivity index (χ4n) is 5.14. The Morgan fingerprint density at radius 3 is 2.24 bits per heavy atom. The quantitative estimate of drug-likeness (QED) is 0.439. The highest BCUT2D eigenvalue weighted by Crippen LogP contribution is 2.59. The molecule has 0 saturated heterocycles. The smallest absolute Gasteiger partial charge is 0.285 e. The number of terminal acetylenes is 1. The van der Waals surface area contributed by atoms with Crippen LogP contribution in [0.5, 0.6) is 0 Å². The second-order valence-corrected chi connectivity index (χ2v) is 7.48. The van der Waals surface area contributed by atoms with Crippen molar-refractivity contribution in [2.75, 3.05) is 0 Å². The van der Waals surface area contributed by atoms with Crippen molar-refractivity contribution in [2.24, 2.45) is 5.41 Å². The highest BCUT2D eigenvalue weighted by Gasteiger charge is 2.64. The molecule has 3 unspecified atom stereocenters. The standard InChI is InChI=1S/C19H23NO5/c1-3-7-18-9-15(21)19(16(22)10-18,17(23)11-18)13-6-5-12(4-2)14(8-13)20(24)25/h2,5-6,8,15-17,21-23H,3,7,9-11H2,1H3. The molecule has 3 N–H and O–H groups in total. The van der Waals surface area contributed by atoms with Crippen LogP contribution in [0.3, 0.4) is 0 Å². The largest absolute Gasteiger partial charge is 0.392 e. The number of nitro groups is 1. The van der Waals surface area contributed by atoms with Gasteiger partial charge >= 0.3 is 0 Å². The van der Waals surface area contributed by atoms with Crippen LogP contribution in [-0.4, -0.2) is 38.6 Å². The fourth-order valence-corrected chi connectivity index (χ4v) is 5.14. The minimum Gasteiger partial charge on any atom is -0.392 e. The Bertz CT molecular complexity index is 704. The maximum Gasteiger partial charge on any atom is 0.285 e.